The first-order valence-electron chi connectivity index (χ1n) is 9.69. The molecule has 0 aliphatic carbocycles. The number of hydrogen-bond donors (Lipinski definition) is 3. The van der Waals surface area contributed by atoms with Crippen LogP contribution in [0.25, 0.3) is 0 Å². The number of rotatable bonds is 9. The van der Waals surface area contributed by atoms with Crippen LogP contribution >= 0.6 is 0 Å². The zero-order valence-electron chi connectivity index (χ0n) is 17.6. The molecule has 1 amide bonds. The Labute approximate surface area is 185 Å². The molecule has 1 aromatic heterocycles. The minimum atomic E-state index is -0.622. The molecular formula is C23H22FN5O3. The molecular weight excluding hydrogens is 413 g/mol. The Morgan fingerprint density at radius 2 is 1.84 bits per heavy atom. The van der Waals surface area contributed by atoms with Crippen molar-refractivity contribution in [1.29, 1.82) is 0 Å². The van der Waals surface area contributed by atoms with Crippen molar-refractivity contribution < 1.29 is 18.7 Å². The number of carbonyl (C=O) groups excluding carboxylic acids is 1. The van der Waals surface area contributed by atoms with E-state index >= 15 is 0 Å². The lowest BCUT2D eigenvalue weighted by molar-refractivity contribution is -0.111. The summed E-state index contributed by atoms with van der Waals surface area (Å²) in [5.74, 6) is 4.77. The molecule has 0 aliphatic heterocycles. The van der Waals surface area contributed by atoms with Crippen molar-refractivity contribution in [3.05, 3.63) is 60.5 Å². The summed E-state index contributed by atoms with van der Waals surface area (Å²) in [6.45, 7) is 2.53. The van der Waals surface area contributed by atoms with Crippen LogP contribution in [-0.4, -0.2) is 36.2 Å². The highest BCUT2D eigenvalue weighted by Crippen LogP contribution is 2.23. The molecule has 3 aromatic rings. The van der Waals surface area contributed by atoms with Crippen LogP contribution in [0.2, 0.25) is 0 Å². The molecule has 3 rings (SSSR count). The summed E-state index contributed by atoms with van der Waals surface area (Å²) in [7, 11) is 1.61. The average Bonchev–Trinajstić information content (AvgIpc) is 2.78. The van der Waals surface area contributed by atoms with Gasteiger partial charge in [-0.25, -0.2) is 9.37 Å². The van der Waals surface area contributed by atoms with Crippen molar-refractivity contribution in [2.24, 2.45) is 0 Å². The standard InChI is InChI=1S/C23H22FN5O3/c1-3-5-21(30)26-17-6-4-7-18(14-17)27-22-20(24)15-25-23(29-22)28-16-8-10-19(11-9-16)32-13-12-31-2/h4,6-11,14-15H,12-13H2,1-2H3,(H,26,30)(H2,25,27,28,29). The van der Waals surface area contributed by atoms with Gasteiger partial charge in [0, 0.05) is 24.2 Å². The van der Waals surface area contributed by atoms with Gasteiger partial charge in [-0.1, -0.05) is 12.0 Å². The second kappa shape index (κ2) is 11.3. The first kappa shape index (κ1) is 22.5. The minimum absolute atomic E-state index is 0.0150. The maximum Gasteiger partial charge on any atom is 0.300 e. The number of carbonyl (C=O) groups is 1. The van der Waals surface area contributed by atoms with Crippen LogP contribution in [-0.2, 0) is 9.53 Å². The van der Waals surface area contributed by atoms with E-state index in [4.69, 9.17) is 9.47 Å². The molecule has 0 saturated heterocycles. The second-order valence-electron chi connectivity index (χ2n) is 6.42. The van der Waals surface area contributed by atoms with Gasteiger partial charge in [-0.05, 0) is 55.3 Å². The van der Waals surface area contributed by atoms with Gasteiger partial charge < -0.3 is 25.4 Å². The summed E-state index contributed by atoms with van der Waals surface area (Å²) in [4.78, 5) is 19.8. The summed E-state index contributed by atoms with van der Waals surface area (Å²) < 4.78 is 24.7. The van der Waals surface area contributed by atoms with Crippen molar-refractivity contribution in [3.63, 3.8) is 0 Å². The number of nitrogens with one attached hydrogen (secondary N) is 3. The number of halogens is 1. The highest BCUT2D eigenvalue weighted by Gasteiger charge is 2.09. The predicted molar refractivity (Wildman–Crippen MR) is 121 cm³/mol. The van der Waals surface area contributed by atoms with Crippen molar-refractivity contribution in [2.75, 3.05) is 36.3 Å². The van der Waals surface area contributed by atoms with E-state index in [0.717, 1.165) is 6.20 Å². The Morgan fingerprint density at radius 1 is 1.06 bits per heavy atom. The van der Waals surface area contributed by atoms with E-state index in [2.05, 4.69) is 37.8 Å². The number of hydrogen-bond acceptors (Lipinski definition) is 7. The largest absolute Gasteiger partial charge is 0.491 e. The molecule has 0 saturated carbocycles. The SMILES string of the molecule is CC#CC(=O)Nc1cccc(Nc2nc(Nc3ccc(OCCOC)cc3)ncc2F)c1. The van der Waals surface area contributed by atoms with Crippen LogP contribution in [0.4, 0.5) is 33.2 Å². The third kappa shape index (κ3) is 6.68. The molecule has 2 aromatic carbocycles. The van der Waals surface area contributed by atoms with Gasteiger partial charge in [0.15, 0.2) is 11.6 Å². The van der Waals surface area contributed by atoms with E-state index in [1.807, 2.05) is 0 Å². The highest BCUT2D eigenvalue weighted by molar-refractivity contribution is 6.04. The summed E-state index contributed by atoms with van der Waals surface area (Å²) in [5.41, 5.74) is 1.76. The van der Waals surface area contributed by atoms with Crippen LogP contribution in [0.5, 0.6) is 5.75 Å². The molecule has 164 valence electrons. The van der Waals surface area contributed by atoms with Crippen molar-refractivity contribution in [2.45, 2.75) is 6.92 Å². The van der Waals surface area contributed by atoms with Gasteiger partial charge >= 0.3 is 0 Å². The van der Waals surface area contributed by atoms with Crippen LogP contribution in [0, 0.1) is 17.7 Å². The van der Waals surface area contributed by atoms with E-state index in [-0.39, 0.29) is 11.8 Å². The van der Waals surface area contributed by atoms with Crippen molar-refractivity contribution in [3.8, 4) is 17.6 Å². The molecule has 0 atom stereocenters. The number of nitrogens with zero attached hydrogens (tertiary/aromatic N) is 2. The first-order chi connectivity index (χ1) is 15.6. The van der Waals surface area contributed by atoms with Crippen molar-refractivity contribution >= 4 is 34.7 Å². The maximum absolute atomic E-state index is 14.3. The lowest BCUT2D eigenvalue weighted by Gasteiger charge is -2.11. The van der Waals surface area contributed by atoms with Crippen LogP contribution in [0.3, 0.4) is 0 Å². The highest BCUT2D eigenvalue weighted by atomic mass is 19.1. The van der Waals surface area contributed by atoms with Crippen molar-refractivity contribution in [1.82, 2.24) is 9.97 Å². The van der Waals surface area contributed by atoms with Gasteiger partial charge in [0.2, 0.25) is 5.95 Å². The van der Waals surface area contributed by atoms with Gasteiger partial charge in [0.05, 0.1) is 12.8 Å². The van der Waals surface area contributed by atoms with Crippen LogP contribution in [0.15, 0.2) is 54.7 Å². The molecule has 9 heteroatoms. The predicted octanol–water partition coefficient (Wildman–Crippen LogP) is 4.09. The molecule has 0 bridgehead atoms. The number of methoxy groups -OCH3 is 1. The zero-order chi connectivity index (χ0) is 22.8. The van der Waals surface area contributed by atoms with E-state index in [0.29, 0.717) is 36.0 Å². The van der Waals surface area contributed by atoms with E-state index < -0.39 is 11.7 Å². The number of anilines is 5. The maximum atomic E-state index is 14.3. The third-order valence-corrected chi connectivity index (χ3v) is 4.03. The molecule has 8 nitrogen and oxygen atoms in total. The van der Waals surface area contributed by atoms with Crippen LogP contribution < -0.4 is 20.7 Å². The lowest BCUT2D eigenvalue weighted by Crippen LogP contribution is -2.08. The Morgan fingerprint density at radius 3 is 2.59 bits per heavy atom. The molecule has 0 aliphatic rings. The smallest absolute Gasteiger partial charge is 0.300 e. The monoisotopic (exact) mass is 435 g/mol. The van der Waals surface area contributed by atoms with Gasteiger partial charge in [-0.3, -0.25) is 4.79 Å². The fourth-order valence-corrected chi connectivity index (χ4v) is 2.61. The molecule has 32 heavy (non-hydrogen) atoms. The van der Waals surface area contributed by atoms with E-state index in [1.54, 1.807) is 62.6 Å². The molecule has 0 unspecified atom stereocenters. The Balaban J connectivity index is 1.68. The number of amides is 1. The van der Waals surface area contributed by atoms with Gasteiger partial charge in [0.25, 0.3) is 5.91 Å². The molecule has 0 radical (unpaired) electrons. The second-order valence-corrected chi connectivity index (χ2v) is 6.42. The molecule has 1 heterocycles. The van der Waals surface area contributed by atoms with E-state index in [9.17, 15) is 9.18 Å². The summed E-state index contributed by atoms with van der Waals surface area (Å²) in [6.07, 6.45) is 1.07. The topological polar surface area (TPSA) is 97.4 Å². The molecule has 0 fully saturated rings. The minimum Gasteiger partial charge on any atom is -0.491 e. The Hall–Kier alpha value is -4.16. The van der Waals surface area contributed by atoms with Gasteiger partial charge in [-0.15, -0.1) is 0 Å². The first-order valence-corrected chi connectivity index (χ1v) is 9.69. The molecule has 0 spiro atoms. The van der Waals surface area contributed by atoms with Crippen LogP contribution in [0.1, 0.15) is 6.92 Å². The summed E-state index contributed by atoms with van der Waals surface area (Å²) in [6, 6.07) is 14.0. The third-order valence-electron chi connectivity index (χ3n) is 4.03. The molecule has 3 N–H and O–H groups in total. The van der Waals surface area contributed by atoms with Gasteiger partial charge in [0.1, 0.15) is 12.4 Å². The fraction of sp³-hybridized carbons (Fsp3) is 0.174. The van der Waals surface area contributed by atoms with E-state index in [1.165, 1.54) is 0 Å². The zero-order valence-corrected chi connectivity index (χ0v) is 17.6. The fourth-order valence-electron chi connectivity index (χ4n) is 2.61. The average molecular weight is 435 g/mol. The lowest BCUT2D eigenvalue weighted by atomic mass is 10.2. The Kier molecular flexibility index (Phi) is 7.95. The summed E-state index contributed by atoms with van der Waals surface area (Å²) >= 11 is 0. The number of ether oxygens (including phenoxy) is 2. The number of aromatic nitrogens is 2. The number of benzene rings is 2. The Bertz CT molecular complexity index is 1130. The normalized spacial score (nSPS) is 9.97. The van der Waals surface area contributed by atoms with Gasteiger partial charge in [-0.2, -0.15) is 4.98 Å². The quantitative estimate of drug-likeness (QED) is 0.344. The summed E-state index contributed by atoms with van der Waals surface area (Å²) in [5, 5.41) is 8.56.